The lowest BCUT2D eigenvalue weighted by molar-refractivity contribution is -0.142. The molecular weight excluding hydrogens is 266 g/mol. The summed E-state index contributed by atoms with van der Waals surface area (Å²) >= 11 is 0. The van der Waals surface area contributed by atoms with Gasteiger partial charge in [0.25, 0.3) is 0 Å². The van der Waals surface area contributed by atoms with Crippen molar-refractivity contribution < 1.29 is 27.5 Å². The number of H-pyrrole nitrogens is 1. The molecule has 2 N–H and O–H groups in total. The molecule has 1 aromatic carbocycles. The molecule has 0 saturated carbocycles. The van der Waals surface area contributed by atoms with Crippen LogP contribution in [0.2, 0.25) is 0 Å². The van der Waals surface area contributed by atoms with Crippen molar-refractivity contribution in [2.45, 2.75) is 19.0 Å². The highest BCUT2D eigenvalue weighted by atomic mass is 19.4. The Morgan fingerprint density at radius 3 is 2.58 bits per heavy atom. The number of carboxylic acid groups (broad SMARTS) is 1. The van der Waals surface area contributed by atoms with Crippen molar-refractivity contribution in [3.63, 3.8) is 0 Å². The minimum Gasteiger partial charge on any atom is -0.481 e. The molecule has 0 spiro atoms. The third kappa shape index (κ3) is 2.69. The zero-order valence-electron chi connectivity index (χ0n) is 9.51. The second-order valence-electron chi connectivity index (χ2n) is 4.06. The average molecular weight is 275 g/mol. The molecule has 1 heterocycles. The van der Waals surface area contributed by atoms with Gasteiger partial charge in [-0.05, 0) is 30.2 Å². The number of halogens is 4. The van der Waals surface area contributed by atoms with Gasteiger partial charge in [-0.1, -0.05) is 0 Å². The minimum atomic E-state index is -4.64. The SMILES string of the molecule is O=C(O)CCc1c(C(F)(F)F)[nH]c2cc(F)ccc12. The van der Waals surface area contributed by atoms with Gasteiger partial charge < -0.3 is 10.1 Å². The van der Waals surface area contributed by atoms with Crippen LogP contribution in [0.25, 0.3) is 10.9 Å². The van der Waals surface area contributed by atoms with E-state index in [2.05, 4.69) is 4.98 Å². The Morgan fingerprint density at radius 2 is 2.00 bits per heavy atom. The van der Waals surface area contributed by atoms with Crippen LogP contribution in [0, 0.1) is 5.82 Å². The Labute approximate surface area is 104 Å². The largest absolute Gasteiger partial charge is 0.481 e. The Kier molecular flexibility index (Phi) is 3.21. The summed E-state index contributed by atoms with van der Waals surface area (Å²) in [5.41, 5.74) is -1.16. The maximum Gasteiger partial charge on any atom is 0.431 e. The number of alkyl halides is 3. The summed E-state index contributed by atoms with van der Waals surface area (Å²) in [4.78, 5) is 12.6. The van der Waals surface area contributed by atoms with Gasteiger partial charge >= 0.3 is 12.1 Å². The molecule has 0 aliphatic rings. The lowest BCUT2D eigenvalue weighted by Crippen LogP contribution is -2.10. The number of aromatic amines is 1. The fourth-order valence-electron chi connectivity index (χ4n) is 1.96. The molecule has 0 aliphatic heterocycles. The minimum absolute atomic E-state index is 0.00714. The number of aryl methyl sites for hydroxylation is 1. The number of nitrogens with one attached hydrogen (secondary N) is 1. The normalized spacial score (nSPS) is 12.0. The molecule has 0 fully saturated rings. The first kappa shape index (κ1) is 13.4. The maximum absolute atomic E-state index is 13.0. The Balaban J connectivity index is 2.58. The number of carboxylic acids is 1. The van der Waals surface area contributed by atoms with Gasteiger partial charge in [-0.15, -0.1) is 0 Å². The van der Waals surface area contributed by atoms with Crippen molar-refractivity contribution in [2.24, 2.45) is 0 Å². The predicted molar refractivity (Wildman–Crippen MR) is 59.2 cm³/mol. The Bertz CT molecular complexity index is 630. The van der Waals surface area contributed by atoms with Crippen LogP contribution in [0.4, 0.5) is 17.6 Å². The van der Waals surface area contributed by atoms with Crippen molar-refractivity contribution >= 4 is 16.9 Å². The van der Waals surface area contributed by atoms with E-state index in [9.17, 15) is 22.4 Å². The summed E-state index contributed by atoms with van der Waals surface area (Å²) in [5.74, 6) is -1.85. The van der Waals surface area contributed by atoms with Crippen LogP contribution in [-0.4, -0.2) is 16.1 Å². The van der Waals surface area contributed by atoms with Crippen LogP contribution in [-0.2, 0) is 17.4 Å². The van der Waals surface area contributed by atoms with E-state index in [0.717, 1.165) is 12.1 Å². The van der Waals surface area contributed by atoms with Gasteiger partial charge in [-0.2, -0.15) is 13.2 Å². The van der Waals surface area contributed by atoms with E-state index in [1.165, 1.54) is 6.07 Å². The Hall–Kier alpha value is -2.05. The zero-order valence-corrected chi connectivity index (χ0v) is 9.51. The van der Waals surface area contributed by atoms with Gasteiger partial charge in [-0.3, -0.25) is 4.79 Å². The van der Waals surface area contributed by atoms with Crippen LogP contribution < -0.4 is 0 Å². The number of hydrogen-bond acceptors (Lipinski definition) is 1. The molecule has 0 aliphatic carbocycles. The topological polar surface area (TPSA) is 53.1 Å². The van der Waals surface area contributed by atoms with Gasteiger partial charge in [0.2, 0.25) is 0 Å². The molecule has 1 aromatic heterocycles. The Morgan fingerprint density at radius 1 is 1.32 bits per heavy atom. The fraction of sp³-hybridized carbons (Fsp3) is 0.250. The second-order valence-corrected chi connectivity index (χ2v) is 4.06. The molecule has 19 heavy (non-hydrogen) atoms. The summed E-state index contributed by atoms with van der Waals surface area (Å²) in [5, 5.41) is 8.76. The molecule has 2 rings (SSSR count). The third-order valence-corrected chi connectivity index (χ3v) is 2.74. The van der Waals surface area contributed by atoms with Crippen molar-refractivity contribution in [1.82, 2.24) is 4.98 Å². The van der Waals surface area contributed by atoms with E-state index in [-0.39, 0.29) is 22.9 Å². The quantitative estimate of drug-likeness (QED) is 0.844. The van der Waals surface area contributed by atoms with Gasteiger partial charge in [0.1, 0.15) is 11.5 Å². The molecule has 2 aromatic rings. The summed E-state index contributed by atoms with van der Waals surface area (Å²) in [7, 11) is 0. The van der Waals surface area contributed by atoms with E-state index in [4.69, 9.17) is 5.11 Å². The first-order chi connectivity index (χ1) is 8.79. The molecule has 0 amide bonds. The number of rotatable bonds is 3. The fourth-order valence-corrected chi connectivity index (χ4v) is 1.96. The van der Waals surface area contributed by atoms with E-state index >= 15 is 0 Å². The molecule has 7 heteroatoms. The number of aliphatic carboxylic acids is 1. The molecule has 0 bridgehead atoms. The lowest BCUT2D eigenvalue weighted by Gasteiger charge is -2.07. The number of aromatic nitrogens is 1. The first-order valence-electron chi connectivity index (χ1n) is 5.38. The molecule has 0 atom stereocenters. The molecule has 102 valence electrons. The van der Waals surface area contributed by atoms with E-state index < -0.39 is 30.1 Å². The second kappa shape index (κ2) is 4.56. The lowest BCUT2D eigenvalue weighted by atomic mass is 10.1. The van der Waals surface area contributed by atoms with Crippen LogP contribution >= 0.6 is 0 Å². The molecule has 0 radical (unpaired) electrons. The summed E-state index contributed by atoms with van der Waals surface area (Å²) < 4.78 is 51.5. The summed E-state index contributed by atoms with van der Waals surface area (Å²) in [6, 6.07) is 3.21. The van der Waals surface area contributed by atoms with E-state index in [0.29, 0.717) is 0 Å². The van der Waals surface area contributed by atoms with Gasteiger partial charge in [0.05, 0.1) is 0 Å². The van der Waals surface area contributed by atoms with Gasteiger partial charge in [0.15, 0.2) is 0 Å². The molecular formula is C12H9F4NO2. The van der Waals surface area contributed by atoms with Crippen molar-refractivity contribution in [3.8, 4) is 0 Å². The van der Waals surface area contributed by atoms with Crippen LogP contribution in [0.15, 0.2) is 18.2 Å². The van der Waals surface area contributed by atoms with E-state index in [1.807, 2.05) is 0 Å². The maximum atomic E-state index is 13.0. The average Bonchev–Trinajstić information content (AvgIpc) is 2.63. The highest BCUT2D eigenvalue weighted by molar-refractivity contribution is 5.85. The third-order valence-electron chi connectivity index (χ3n) is 2.74. The summed E-state index contributed by atoms with van der Waals surface area (Å²) in [6.45, 7) is 0. The van der Waals surface area contributed by atoms with Crippen LogP contribution in [0.5, 0.6) is 0 Å². The van der Waals surface area contributed by atoms with Gasteiger partial charge in [0, 0.05) is 17.3 Å². The molecule has 3 nitrogen and oxygen atoms in total. The van der Waals surface area contributed by atoms with Crippen molar-refractivity contribution in [3.05, 3.63) is 35.3 Å². The number of benzene rings is 1. The van der Waals surface area contributed by atoms with E-state index in [1.54, 1.807) is 0 Å². The van der Waals surface area contributed by atoms with Crippen LogP contribution in [0.1, 0.15) is 17.7 Å². The zero-order chi connectivity index (χ0) is 14.2. The predicted octanol–water partition coefficient (Wildman–Crippen LogP) is 3.34. The first-order valence-corrected chi connectivity index (χ1v) is 5.38. The number of fused-ring (bicyclic) bond motifs is 1. The monoisotopic (exact) mass is 275 g/mol. The highest BCUT2D eigenvalue weighted by Gasteiger charge is 2.36. The molecule has 0 unspecified atom stereocenters. The summed E-state index contributed by atoms with van der Waals surface area (Å²) in [6.07, 6.45) is -5.33. The van der Waals surface area contributed by atoms with Gasteiger partial charge in [-0.25, -0.2) is 4.39 Å². The van der Waals surface area contributed by atoms with Crippen LogP contribution in [0.3, 0.4) is 0 Å². The number of carbonyl (C=O) groups is 1. The van der Waals surface area contributed by atoms with Crippen molar-refractivity contribution in [1.29, 1.82) is 0 Å². The molecule has 0 saturated heterocycles. The number of hydrogen-bond donors (Lipinski definition) is 2. The van der Waals surface area contributed by atoms with Crippen molar-refractivity contribution in [2.75, 3.05) is 0 Å². The standard InChI is InChI=1S/C12H9F4NO2/c13-6-1-2-7-8(3-4-10(18)19)11(12(14,15)16)17-9(7)5-6/h1-2,5,17H,3-4H2,(H,18,19). The smallest absolute Gasteiger partial charge is 0.431 e. The highest BCUT2D eigenvalue weighted by Crippen LogP contribution is 2.36.